The second-order valence-corrected chi connectivity index (χ2v) is 37.2. The van der Waals surface area contributed by atoms with E-state index in [9.17, 15) is 0 Å². The van der Waals surface area contributed by atoms with Crippen LogP contribution in [0.4, 0.5) is 0 Å². The molecule has 16 heteroatoms. The van der Waals surface area contributed by atoms with Crippen LogP contribution in [0.3, 0.4) is 0 Å². The number of nitrogens with zero attached hydrogens (tertiary/aromatic N) is 6. The van der Waals surface area contributed by atoms with Gasteiger partial charge in [0.25, 0.3) is 0 Å². The number of aromatic amines is 2. The van der Waals surface area contributed by atoms with Crippen molar-refractivity contribution in [3.63, 3.8) is 0 Å². The molecule has 8 bridgehead atoms. The van der Waals surface area contributed by atoms with Crippen molar-refractivity contribution < 1.29 is 37.9 Å². The average Bonchev–Trinajstić information content (AvgIpc) is 1.40. The highest BCUT2D eigenvalue weighted by Crippen LogP contribution is 2.59. The monoisotopic (exact) mass is 1390 g/mol. The Morgan fingerprint density at radius 2 is 0.394 bits per heavy atom. The minimum absolute atomic E-state index is 0.184. The van der Waals surface area contributed by atoms with Gasteiger partial charge in [0.1, 0.15) is 22.6 Å². The lowest BCUT2D eigenvalue weighted by Crippen LogP contribution is -2.18. The summed E-state index contributed by atoms with van der Waals surface area (Å²) in [5, 5.41) is 2.73. The lowest BCUT2D eigenvalue weighted by Gasteiger charge is -2.31. The van der Waals surface area contributed by atoms with E-state index in [1.807, 2.05) is 48.5 Å². The maximum absolute atomic E-state index is 7.11. The van der Waals surface area contributed by atoms with Gasteiger partial charge in [-0.15, -0.1) is 0 Å². The molecule has 8 aromatic carbocycles. The first-order chi connectivity index (χ1) is 48.4. The van der Waals surface area contributed by atoms with Gasteiger partial charge in [-0.1, -0.05) is 190 Å². The van der Waals surface area contributed by atoms with Gasteiger partial charge in [0.2, 0.25) is 0 Å². The predicted molar refractivity (Wildman–Crippen MR) is 412 cm³/mol. The summed E-state index contributed by atoms with van der Waals surface area (Å²) in [6.07, 6.45) is 0. The Labute approximate surface area is 607 Å². The molecule has 0 amide bonds. The van der Waals surface area contributed by atoms with Gasteiger partial charge < -0.3 is 47.9 Å². The number of hydrogen-bond donors (Lipinski definition) is 2. The van der Waals surface area contributed by atoms with E-state index in [1.54, 1.807) is 0 Å². The molecule has 6 aliphatic rings. The Kier molecular flexibility index (Phi) is 13.8. The molecule has 0 atom stereocenters. The topological polar surface area (TPSA) is 183 Å². The van der Waals surface area contributed by atoms with E-state index in [4.69, 9.17) is 67.8 Å². The fourth-order valence-corrected chi connectivity index (χ4v) is 14.5. The third-order valence-electron chi connectivity index (χ3n) is 20.7. The largest absolute Gasteiger partial charge is 0.449 e. The van der Waals surface area contributed by atoms with E-state index in [2.05, 4.69) is 225 Å². The first kappa shape index (κ1) is 66.7. The zero-order valence-corrected chi connectivity index (χ0v) is 64.2. The lowest BCUT2D eigenvalue weighted by atomic mass is 9.80. The van der Waals surface area contributed by atoms with Crippen molar-refractivity contribution in [2.75, 3.05) is 0 Å². The molecule has 3 aromatic heterocycles. The molecule has 2 N–H and O–H groups in total. The van der Waals surface area contributed by atoms with Crippen LogP contribution in [-0.4, -0.2) is 39.9 Å². The van der Waals surface area contributed by atoms with Crippen LogP contribution in [0.1, 0.15) is 211 Å². The predicted octanol–water partition coefficient (Wildman–Crippen LogP) is 24.8. The maximum atomic E-state index is 7.11. The van der Waals surface area contributed by atoms with Crippen molar-refractivity contribution in [3.8, 4) is 138 Å². The number of benzene rings is 8. The van der Waals surface area contributed by atoms with Crippen molar-refractivity contribution in [1.29, 1.82) is 0 Å². The number of ether oxygens (including phenoxy) is 8. The quantitative estimate of drug-likeness (QED) is 0.146. The van der Waals surface area contributed by atoms with Crippen molar-refractivity contribution in [2.24, 2.45) is 0 Å². The summed E-state index contributed by atoms with van der Waals surface area (Å²) in [7, 11) is 0. The smallest absolute Gasteiger partial charge is 0.173 e. The molecular formula is C88H90N8O8. The first-order valence-corrected chi connectivity index (χ1v) is 36.2. The number of hydrogen-bond acceptors (Lipinski definition) is 14. The van der Waals surface area contributed by atoms with E-state index < -0.39 is 0 Å². The molecular weight excluding hydrogens is 1300 g/mol. The molecule has 0 spiro atoms. The molecule has 104 heavy (non-hydrogen) atoms. The average molecular weight is 1390 g/mol. The molecule has 0 unspecified atom stereocenters. The molecule has 0 radical (unpaired) electrons. The summed E-state index contributed by atoms with van der Waals surface area (Å²) < 4.78 is 56.6. The second-order valence-electron chi connectivity index (χ2n) is 37.2. The molecule has 6 aliphatic heterocycles. The van der Waals surface area contributed by atoms with Crippen LogP contribution >= 0.6 is 0 Å². The summed E-state index contributed by atoms with van der Waals surface area (Å²) >= 11 is 0. The minimum atomic E-state index is -0.301. The maximum Gasteiger partial charge on any atom is 0.173 e. The van der Waals surface area contributed by atoms with Crippen molar-refractivity contribution in [2.45, 2.75) is 209 Å². The number of aromatic nitrogens is 8. The van der Waals surface area contributed by atoms with Gasteiger partial charge in [0, 0.05) is 66.1 Å². The normalized spacial score (nSPS) is 14.4. The Balaban J connectivity index is 0.951. The van der Waals surface area contributed by atoms with Gasteiger partial charge in [-0.3, -0.25) is 0 Å². The molecule has 530 valence electrons. The summed E-state index contributed by atoms with van der Waals surface area (Å²) in [5.41, 5.74) is 11.1. The van der Waals surface area contributed by atoms with Crippen LogP contribution < -0.4 is 37.9 Å². The molecule has 0 saturated heterocycles. The van der Waals surface area contributed by atoms with Crippen molar-refractivity contribution in [3.05, 3.63) is 142 Å². The van der Waals surface area contributed by atoms with Crippen molar-refractivity contribution in [1.82, 2.24) is 39.9 Å². The van der Waals surface area contributed by atoms with Crippen LogP contribution in [0.5, 0.6) is 92.0 Å². The van der Waals surface area contributed by atoms with E-state index >= 15 is 0 Å². The van der Waals surface area contributed by atoms with E-state index in [0.29, 0.717) is 182 Å². The molecule has 0 aliphatic carbocycles. The first-order valence-electron chi connectivity index (χ1n) is 36.2. The number of nitrogens with one attached hydrogen (secondary N) is 2. The fraction of sp³-hybridized carbons (Fsp3) is 0.364. The van der Waals surface area contributed by atoms with Gasteiger partial charge in [0.15, 0.2) is 115 Å². The van der Waals surface area contributed by atoms with E-state index in [1.165, 1.54) is 0 Å². The summed E-state index contributed by atoms with van der Waals surface area (Å²) in [6, 6.07) is 33.1. The van der Waals surface area contributed by atoms with Gasteiger partial charge in [-0.2, -0.15) is 0 Å². The second kappa shape index (κ2) is 21.6. The Morgan fingerprint density at radius 3 is 0.596 bits per heavy atom. The highest BCUT2D eigenvalue weighted by atomic mass is 16.6. The van der Waals surface area contributed by atoms with Gasteiger partial charge >= 0.3 is 0 Å². The molecule has 17 rings (SSSR count). The zero-order valence-electron chi connectivity index (χ0n) is 64.2. The van der Waals surface area contributed by atoms with Gasteiger partial charge in [0.05, 0.1) is 0 Å². The molecule has 0 saturated carbocycles. The van der Waals surface area contributed by atoms with Crippen LogP contribution in [0.2, 0.25) is 0 Å². The van der Waals surface area contributed by atoms with Crippen LogP contribution in [-0.2, 0) is 43.3 Å². The lowest BCUT2D eigenvalue weighted by molar-refractivity contribution is 0.348. The molecule has 11 aromatic rings. The Morgan fingerprint density at radius 1 is 0.202 bits per heavy atom. The Hall–Kier alpha value is -10.5. The third-order valence-corrected chi connectivity index (χ3v) is 20.7. The summed E-state index contributed by atoms with van der Waals surface area (Å²) in [6.45, 7) is 52.9. The minimum Gasteiger partial charge on any atom is -0.449 e. The standard InChI is InChI=1S/C88H90N8O8/c1-81(2,3)41-25-53(85(13,14)15)69-65(29-41)97-57-33-45-49(37-61(57)101-69)77-89-73(45)93-78-50-38-62-58(98-66-30-42(82(4,5)6)26-54(70(66)102-62)86(16,17)18)34-46(50)75(90-78)95-80-52-40-64-60(100-68-32-44(84(10,11)12)28-56(72(68)104-64)88(22,23)24)36-48(52)76(92-80)96-79-51-39-63-59(35-47(51)74(91-79)94-77)99-67-31-43(83(7,8)9)27-55(71(67)103-63)87(19,20)21/h25-40H,1-24H3,(H2,89,90,91,92,93,94,95,96). The van der Waals surface area contributed by atoms with Crippen LogP contribution in [0.25, 0.3) is 89.7 Å². The van der Waals surface area contributed by atoms with Crippen LogP contribution in [0, 0.1) is 0 Å². The van der Waals surface area contributed by atoms with Crippen molar-refractivity contribution >= 4 is 44.1 Å². The fourth-order valence-electron chi connectivity index (χ4n) is 14.5. The summed E-state index contributed by atoms with van der Waals surface area (Å²) in [4.78, 5) is 40.6. The summed E-state index contributed by atoms with van der Waals surface area (Å²) in [5.74, 6) is 10.6. The van der Waals surface area contributed by atoms with Crippen LogP contribution in [0.15, 0.2) is 97.1 Å². The van der Waals surface area contributed by atoms with Gasteiger partial charge in [-0.05, 0) is 138 Å². The van der Waals surface area contributed by atoms with Gasteiger partial charge in [-0.25, -0.2) is 29.9 Å². The Bertz CT molecular complexity index is 5480. The number of fused-ring (bicyclic) bond motifs is 28. The molecule has 9 heterocycles. The molecule has 0 fully saturated rings. The van der Waals surface area contributed by atoms with E-state index in [0.717, 1.165) is 44.5 Å². The highest BCUT2D eigenvalue weighted by molar-refractivity contribution is 6.08. The number of H-pyrrole nitrogens is 2. The highest BCUT2D eigenvalue weighted by Gasteiger charge is 2.39. The molecule has 16 nitrogen and oxygen atoms in total. The SMILES string of the molecule is CC(C)(C)c1cc2c(c(C(C)(C)C)c1)Oc1cc3c(cc1O2)-c1nc-3nc2[nH]c(nc3nc(nc4[nH]c(n1)c1cc5c(cc41)Oc1cc(C(C)(C)C)cc(C(C)(C)C)c1O5)-c1cc4c(cc1-3)Oc1cc(C(C)(C)C)cc(C(C)(C)C)c1O4)c1cc3c(cc21)Oc1cc(C(C)(C)C)cc(C(C)(C)C)c1O3. The third kappa shape index (κ3) is 11.0. The van der Waals surface area contributed by atoms with E-state index in [-0.39, 0.29) is 43.3 Å². The zero-order chi connectivity index (χ0) is 73.7. The number of rotatable bonds is 0.